The van der Waals surface area contributed by atoms with Gasteiger partial charge in [-0.15, -0.1) is 0 Å². The minimum atomic E-state index is -0.965. The van der Waals surface area contributed by atoms with E-state index in [0.717, 1.165) is 5.56 Å². The van der Waals surface area contributed by atoms with Gasteiger partial charge in [-0.1, -0.05) is 23.7 Å². The van der Waals surface area contributed by atoms with Crippen molar-refractivity contribution >= 4 is 23.7 Å². The van der Waals surface area contributed by atoms with Crippen molar-refractivity contribution in [2.75, 3.05) is 20.4 Å². The van der Waals surface area contributed by atoms with E-state index in [9.17, 15) is 9.59 Å². The van der Waals surface area contributed by atoms with Crippen LogP contribution >= 0.6 is 11.6 Å². The largest absolute Gasteiger partial charge is 0.497 e. The molecule has 0 aliphatic carbocycles. The number of benzene rings is 2. The summed E-state index contributed by atoms with van der Waals surface area (Å²) in [6.07, 6.45) is -0.836. The smallest absolute Gasteiger partial charge is 0.410 e. The molecule has 2 rings (SSSR count). The van der Waals surface area contributed by atoms with Gasteiger partial charge in [0.15, 0.2) is 0 Å². The monoisotopic (exact) mass is 393 g/mol. The number of carbonyl (C=O) groups excluding carboxylic acids is 1. The van der Waals surface area contributed by atoms with E-state index in [4.69, 9.17) is 30.9 Å². The Kier molecular flexibility index (Phi) is 7.76. The van der Waals surface area contributed by atoms with Gasteiger partial charge in [0.05, 0.1) is 13.5 Å². The van der Waals surface area contributed by atoms with Crippen LogP contribution in [0.25, 0.3) is 0 Å². The molecule has 0 unspecified atom stereocenters. The Balaban J connectivity index is 1.80. The van der Waals surface area contributed by atoms with Crippen LogP contribution in [-0.2, 0) is 9.53 Å². The number of hydrogen-bond donors (Lipinski definition) is 2. The average Bonchev–Trinajstić information content (AvgIpc) is 2.66. The van der Waals surface area contributed by atoms with Gasteiger partial charge in [0, 0.05) is 17.5 Å². The lowest BCUT2D eigenvalue weighted by Gasteiger charge is -2.16. The maximum absolute atomic E-state index is 11.8. The van der Waals surface area contributed by atoms with Crippen LogP contribution in [0.15, 0.2) is 48.5 Å². The molecule has 1 atom stereocenters. The van der Waals surface area contributed by atoms with Gasteiger partial charge >= 0.3 is 12.1 Å². The molecule has 0 radical (unpaired) electrons. The number of ether oxygens (including phenoxy) is 3. The highest BCUT2D eigenvalue weighted by Gasteiger charge is 2.17. The van der Waals surface area contributed by atoms with Crippen molar-refractivity contribution in [3.05, 3.63) is 59.1 Å². The first-order valence-electron chi connectivity index (χ1n) is 8.12. The Hall–Kier alpha value is -2.93. The standard InChI is InChI=1S/C19H20ClNO6/c1-25-16-6-8-17(9-7-16)26-12-27-19(24)21-11-14(10-18(22)23)13-2-4-15(20)5-3-13/h2-9,14H,10-12H2,1H3,(H,21,24)(H,22,23)/t14-/m0/s1. The Labute approximate surface area is 161 Å². The molecule has 0 aliphatic rings. The number of methoxy groups -OCH3 is 1. The SMILES string of the molecule is COc1ccc(OCOC(=O)NC[C@H](CC(=O)O)c2ccc(Cl)cc2)cc1. The van der Waals surface area contributed by atoms with Crippen LogP contribution in [0.1, 0.15) is 17.9 Å². The highest BCUT2D eigenvalue weighted by atomic mass is 35.5. The number of alkyl carbamates (subject to hydrolysis) is 1. The normalized spacial score (nSPS) is 11.3. The fourth-order valence-corrected chi connectivity index (χ4v) is 2.46. The molecule has 0 saturated heterocycles. The molecule has 2 aromatic carbocycles. The second kappa shape index (κ2) is 10.3. The minimum absolute atomic E-state index is 0.106. The van der Waals surface area contributed by atoms with Crippen molar-refractivity contribution in [2.24, 2.45) is 0 Å². The number of carbonyl (C=O) groups is 2. The fraction of sp³-hybridized carbons (Fsp3) is 0.263. The highest BCUT2D eigenvalue weighted by Crippen LogP contribution is 2.21. The van der Waals surface area contributed by atoms with E-state index in [1.54, 1.807) is 55.6 Å². The molecule has 0 aromatic heterocycles. The van der Waals surface area contributed by atoms with Crippen LogP contribution in [0.3, 0.4) is 0 Å². The third-order valence-electron chi connectivity index (χ3n) is 3.73. The lowest BCUT2D eigenvalue weighted by atomic mass is 9.96. The van der Waals surface area contributed by atoms with Crippen LogP contribution in [-0.4, -0.2) is 37.6 Å². The molecule has 2 aromatic rings. The number of rotatable bonds is 9. The number of nitrogens with one attached hydrogen (secondary N) is 1. The Morgan fingerprint density at radius 2 is 1.70 bits per heavy atom. The van der Waals surface area contributed by atoms with Gasteiger partial charge in [-0.2, -0.15) is 0 Å². The van der Waals surface area contributed by atoms with Crippen molar-refractivity contribution in [1.82, 2.24) is 5.32 Å². The average molecular weight is 394 g/mol. The van der Waals surface area contributed by atoms with E-state index in [1.807, 2.05) is 0 Å². The Bertz CT molecular complexity index is 748. The van der Waals surface area contributed by atoms with Crippen LogP contribution in [0.4, 0.5) is 4.79 Å². The lowest BCUT2D eigenvalue weighted by Crippen LogP contribution is -2.30. The van der Waals surface area contributed by atoms with E-state index >= 15 is 0 Å². The van der Waals surface area contributed by atoms with Crippen LogP contribution in [0.5, 0.6) is 11.5 Å². The summed E-state index contributed by atoms with van der Waals surface area (Å²) in [5.41, 5.74) is 0.761. The molecular weight excluding hydrogens is 374 g/mol. The number of carboxylic acids is 1. The van der Waals surface area contributed by atoms with Crippen LogP contribution in [0, 0.1) is 0 Å². The Morgan fingerprint density at radius 3 is 2.30 bits per heavy atom. The summed E-state index contributed by atoms with van der Waals surface area (Å²) >= 11 is 5.85. The molecule has 27 heavy (non-hydrogen) atoms. The third-order valence-corrected chi connectivity index (χ3v) is 3.98. The van der Waals surface area contributed by atoms with Crippen molar-refractivity contribution in [3.8, 4) is 11.5 Å². The van der Waals surface area contributed by atoms with Crippen molar-refractivity contribution in [3.63, 3.8) is 0 Å². The first kappa shape index (κ1) is 20.4. The lowest BCUT2D eigenvalue weighted by molar-refractivity contribution is -0.137. The van der Waals surface area contributed by atoms with Crippen LogP contribution in [0.2, 0.25) is 5.02 Å². The zero-order valence-corrected chi connectivity index (χ0v) is 15.4. The molecule has 0 spiro atoms. The molecule has 0 fully saturated rings. The summed E-state index contributed by atoms with van der Waals surface area (Å²) in [4.78, 5) is 22.9. The van der Waals surface area contributed by atoms with E-state index < -0.39 is 18.0 Å². The van der Waals surface area contributed by atoms with Gasteiger partial charge in [-0.3, -0.25) is 4.79 Å². The van der Waals surface area contributed by atoms with Crippen LogP contribution < -0.4 is 14.8 Å². The van der Waals surface area contributed by atoms with Crippen molar-refractivity contribution in [1.29, 1.82) is 0 Å². The number of aliphatic carboxylic acids is 1. The van der Waals surface area contributed by atoms with E-state index in [1.165, 1.54) is 0 Å². The molecular formula is C19H20ClNO6. The summed E-state index contributed by atoms with van der Waals surface area (Å²) in [6, 6.07) is 13.6. The molecule has 2 N–H and O–H groups in total. The number of carboxylic acid groups (broad SMARTS) is 1. The maximum atomic E-state index is 11.8. The highest BCUT2D eigenvalue weighted by molar-refractivity contribution is 6.30. The third kappa shape index (κ3) is 7.07. The number of halogens is 1. The second-order valence-corrected chi connectivity index (χ2v) is 6.03. The first-order chi connectivity index (χ1) is 13.0. The van der Waals surface area contributed by atoms with E-state index in [-0.39, 0.29) is 19.8 Å². The molecule has 0 bridgehead atoms. The molecule has 1 amide bonds. The molecule has 0 saturated carbocycles. The topological polar surface area (TPSA) is 94.1 Å². The van der Waals surface area contributed by atoms with Gasteiger partial charge in [-0.05, 0) is 42.0 Å². The molecule has 8 heteroatoms. The van der Waals surface area contributed by atoms with Gasteiger partial charge in [0.25, 0.3) is 0 Å². The van der Waals surface area contributed by atoms with Gasteiger partial charge < -0.3 is 24.6 Å². The first-order valence-corrected chi connectivity index (χ1v) is 8.50. The molecule has 7 nitrogen and oxygen atoms in total. The maximum Gasteiger partial charge on any atom is 0.410 e. The summed E-state index contributed by atoms with van der Waals surface area (Å²) in [7, 11) is 1.56. The molecule has 144 valence electrons. The van der Waals surface area contributed by atoms with E-state index in [2.05, 4.69) is 5.32 Å². The van der Waals surface area contributed by atoms with Crippen molar-refractivity contribution < 1.29 is 28.9 Å². The van der Waals surface area contributed by atoms with Gasteiger partial charge in [0.1, 0.15) is 11.5 Å². The second-order valence-electron chi connectivity index (χ2n) is 5.60. The minimum Gasteiger partial charge on any atom is -0.497 e. The molecule has 0 heterocycles. The zero-order valence-electron chi connectivity index (χ0n) is 14.7. The summed E-state index contributed by atoms with van der Waals surface area (Å²) in [6.45, 7) is -0.169. The van der Waals surface area contributed by atoms with Gasteiger partial charge in [0.2, 0.25) is 6.79 Å². The molecule has 0 aliphatic heterocycles. The Morgan fingerprint density at radius 1 is 1.07 bits per heavy atom. The number of hydrogen-bond acceptors (Lipinski definition) is 5. The predicted molar refractivity (Wildman–Crippen MR) is 99.4 cm³/mol. The fourth-order valence-electron chi connectivity index (χ4n) is 2.33. The van der Waals surface area contributed by atoms with E-state index in [0.29, 0.717) is 16.5 Å². The summed E-state index contributed by atoms with van der Waals surface area (Å²) in [5.74, 6) is -0.163. The zero-order chi connectivity index (χ0) is 19.6. The summed E-state index contributed by atoms with van der Waals surface area (Å²) in [5, 5.41) is 12.2. The van der Waals surface area contributed by atoms with Gasteiger partial charge in [-0.25, -0.2) is 4.79 Å². The predicted octanol–water partition coefficient (Wildman–Crippen LogP) is 3.67. The number of amides is 1. The quantitative estimate of drug-likeness (QED) is 0.631. The summed E-state index contributed by atoms with van der Waals surface area (Å²) < 4.78 is 15.3. The van der Waals surface area contributed by atoms with Crippen molar-refractivity contribution in [2.45, 2.75) is 12.3 Å².